The first kappa shape index (κ1) is 26.0. The number of hydrogen-bond donors (Lipinski definition) is 1. The Balaban J connectivity index is 4.52. The molecule has 1 unspecified atom stereocenters. The van der Waals surface area contributed by atoms with Gasteiger partial charge in [-0.15, -0.1) is 0 Å². The Bertz CT molecular complexity index is 471. The Morgan fingerprint density at radius 2 is 1.58 bits per heavy atom. The molecule has 0 rings (SSSR count). The molecule has 0 bridgehead atoms. The van der Waals surface area contributed by atoms with Gasteiger partial charge in [0, 0.05) is 0 Å². The molecule has 8 heteroatoms. The van der Waals surface area contributed by atoms with Crippen molar-refractivity contribution in [2.75, 3.05) is 19.6 Å². The molecule has 0 saturated heterocycles. The molecule has 1 N–H and O–H groups in total. The van der Waals surface area contributed by atoms with E-state index in [1.165, 1.54) is 0 Å². The lowest BCUT2D eigenvalue weighted by molar-refractivity contribution is 0.0867. The number of aliphatic hydroxyl groups excluding tert-OH is 1. The van der Waals surface area contributed by atoms with Gasteiger partial charge < -0.3 is 23.3 Å². The van der Waals surface area contributed by atoms with E-state index in [2.05, 4.69) is 40.4 Å². The predicted molar refractivity (Wildman–Crippen MR) is 109 cm³/mol. The van der Waals surface area contributed by atoms with Gasteiger partial charge in [0.15, 0.2) is 8.32 Å². The van der Waals surface area contributed by atoms with E-state index in [4.69, 9.17) is 18.2 Å². The van der Waals surface area contributed by atoms with Gasteiger partial charge in [-0.2, -0.15) is 0 Å². The van der Waals surface area contributed by atoms with E-state index in [-0.39, 0.29) is 36.8 Å². The molecule has 0 spiro atoms. The molecule has 0 fully saturated rings. The maximum absolute atomic E-state index is 12.7. The molecule has 0 aromatic heterocycles. The van der Waals surface area contributed by atoms with Gasteiger partial charge in [0.05, 0.1) is 31.5 Å². The molecule has 6 nitrogen and oxygen atoms in total. The summed E-state index contributed by atoms with van der Waals surface area (Å²) in [6.07, 6.45) is -1.50. The number of rotatable bonds is 12. The van der Waals surface area contributed by atoms with Crippen LogP contribution in [0.5, 0.6) is 0 Å². The Kier molecular flexibility index (Phi) is 10.5. The molecule has 0 aromatic carbocycles. The van der Waals surface area contributed by atoms with Gasteiger partial charge in [0.25, 0.3) is 0 Å². The minimum atomic E-state index is -3.35. The van der Waals surface area contributed by atoms with Crippen molar-refractivity contribution in [3.8, 4) is 0 Å². The van der Waals surface area contributed by atoms with Crippen LogP contribution in [-0.2, 0) is 22.8 Å². The molecule has 156 valence electrons. The van der Waals surface area contributed by atoms with Gasteiger partial charge in [-0.3, -0.25) is 4.57 Å². The average Bonchev–Trinajstić information content (AvgIpc) is 2.41. The van der Waals surface area contributed by atoms with Crippen molar-refractivity contribution in [3.05, 3.63) is 12.2 Å². The third-order valence-electron chi connectivity index (χ3n) is 4.16. The fraction of sp³-hybridized carbons (Fsp3) is 0.889. The summed E-state index contributed by atoms with van der Waals surface area (Å²) < 4.78 is 35.0. The summed E-state index contributed by atoms with van der Waals surface area (Å²) in [5.41, 5.74) is 0.476. The van der Waals surface area contributed by atoms with Gasteiger partial charge in [0.1, 0.15) is 6.35 Å². The molecule has 0 aliphatic carbocycles. The summed E-state index contributed by atoms with van der Waals surface area (Å²) in [5.74, 6) is 0. The zero-order valence-electron chi connectivity index (χ0n) is 18.0. The van der Waals surface area contributed by atoms with Crippen LogP contribution < -0.4 is 0 Å². The quantitative estimate of drug-likeness (QED) is 0.279. The zero-order chi connectivity index (χ0) is 20.8. The lowest BCUT2D eigenvalue weighted by Gasteiger charge is -2.36. The zero-order valence-corrected chi connectivity index (χ0v) is 19.9. The first-order chi connectivity index (χ1) is 11.6. The summed E-state index contributed by atoms with van der Waals surface area (Å²) in [6, 6.07) is 0. The van der Waals surface area contributed by atoms with Crippen LogP contribution in [-0.4, -0.2) is 51.3 Å². The third-order valence-corrected chi connectivity index (χ3v) is 10.6. The highest BCUT2D eigenvalue weighted by Gasteiger charge is 2.37. The minimum Gasteiger partial charge on any atom is -0.414 e. The molecule has 0 aliphatic heterocycles. The molecule has 0 aromatic rings. The van der Waals surface area contributed by atoms with Gasteiger partial charge in [-0.25, -0.2) is 0 Å². The van der Waals surface area contributed by atoms with Crippen molar-refractivity contribution >= 4 is 15.9 Å². The Hall–Kier alpha value is -0.0131. The van der Waals surface area contributed by atoms with Gasteiger partial charge in [0.2, 0.25) is 0 Å². The Morgan fingerprint density at radius 1 is 1.12 bits per heavy atom. The van der Waals surface area contributed by atoms with E-state index in [9.17, 15) is 9.67 Å². The van der Waals surface area contributed by atoms with Crippen molar-refractivity contribution in [2.45, 2.75) is 84.9 Å². The first-order valence-electron chi connectivity index (χ1n) is 9.13. The van der Waals surface area contributed by atoms with Gasteiger partial charge in [-0.1, -0.05) is 27.4 Å². The molecule has 0 saturated carbocycles. The summed E-state index contributed by atoms with van der Waals surface area (Å²) in [6.45, 7) is 21.9. The SMILES string of the molecule is C=C(COCP(=O)(OC(C)C)OC(C)C)C(O)CO[Si](C)(C)C(C)(C)C. The molecular weight excluding hydrogens is 371 g/mol. The number of ether oxygens (including phenoxy) is 1. The highest BCUT2D eigenvalue weighted by molar-refractivity contribution is 7.53. The third kappa shape index (κ3) is 9.79. The van der Waals surface area contributed by atoms with Crippen molar-refractivity contribution < 1.29 is 27.9 Å². The first-order valence-corrected chi connectivity index (χ1v) is 13.8. The smallest absolute Gasteiger partial charge is 0.356 e. The Labute approximate surface area is 160 Å². The normalized spacial score (nSPS) is 14.9. The fourth-order valence-electron chi connectivity index (χ4n) is 1.73. The predicted octanol–water partition coefficient (Wildman–Crippen LogP) is 4.94. The molecule has 26 heavy (non-hydrogen) atoms. The second-order valence-electron chi connectivity index (χ2n) is 8.64. The lowest BCUT2D eigenvalue weighted by Crippen LogP contribution is -2.43. The van der Waals surface area contributed by atoms with Crippen molar-refractivity contribution in [1.29, 1.82) is 0 Å². The summed E-state index contributed by atoms with van der Waals surface area (Å²) in [7, 11) is -5.29. The second kappa shape index (κ2) is 10.5. The van der Waals surface area contributed by atoms with E-state index in [0.29, 0.717) is 5.57 Å². The summed E-state index contributed by atoms with van der Waals surface area (Å²) in [4.78, 5) is 0. The van der Waals surface area contributed by atoms with Crippen LogP contribution in [0.2, 0.25) is 18.1 Å². The Morgan fingerprint density at radius 3 is 1.96 bits per heavy atom. The van der Waals surface area contributed by atoms with Crippen molar-refractivity contribution in [2.24, 2.45) is 0 Å². The van der Waals surface area contributed by atoms with E-state index < -0.39 is 22.0 Å². The van der Waals surface area contributed by atoms with Gasteiger partial charge >= 0.3 is 7.60 Å². The van der Waals surface area contributed by atoms with E-state index >= 15 is 0 Å². The molecule has 0 amide bonds. The maximum atomic E-state index is 12.7. The summed E-state index contributed by atoms with van der Waals surface area (Å²) in [5, 5.41) is 10.3. The van der Waals surface area contributed by atoms with Crippen LogP contribution in [0.3, 0.4) is 0 Å². The van der Waals surface area contributed by atoms with E-state index in [1.807, 2.05) is 0 Å². The highest BCUT2D eigenvalue weighted by Crippen LogP contribution is 2.50. The standard InChI is InChI=1S/C18H39O6PSi/c1-14(2)23-25(20,24-15(3)4)13-21-11-16(5)17(19)12-22-26(9,10)18(6,7)8/h14-15,17,19H,5,11-13H2,1-4,6-10H3. The van der Waals surface area contributed by atoms with Crippen LogP contribution in [0.25, 0.3) is 0 Å². The van der Waals surface area contributed by atoms with Gasteiger partial charge in [-0.05, 0) is 51.4 Å². The molecular formula is C18H39O6PSi. The number of hydrogen-bond acceptors (Lipinski definition) is 6. The fourth-order valence-corrected chi connectivity index (χ4v) is 4.51. The van der Waals surface area contributed by atoms with E-state index in [0.717, 1.165) is 0 Å². The largest absolute Gasteiger partial charge is 0.414 e. The van der Waals surface area contributed by atoms with Crippen LogP contribution >= 0.6 is 7.60 Å². The minimum absolute atomic E-state index is 0.0644. The van der Waals surface area contributed by atoms with E-state index in [1.54, 1.807) is 27.7 Å². The molecule has 0 aliphatic rings. The van der Waals surface area contributed by atoms with Crippen molar-refractivity contribution in [3.63, 3.8) is 0 Å². The van der Waals surface area contributed by atoms with Crippen LogP contribution in [0.1, 0.15) is 48.5 Å². The van der Waals surface area contributed by atoms with Crippen LogP contribution in [0.4, 0.5) is 0 Å². The van der Waals surface area contributed by atoms with Crippen LogP contribution in [0, 0.1) is 0 Å². The second-order valence-corrected chi connectivity index (χ2v) is 15.4. The number of aliphatic hydroxyl groups is 1. The van der Waals surface area contributed by atoms with Crippen molar-refractivity contribution in [1.82, 2.24) is 0 Å². The molecule has 0 heterocycles. The monoisotopic (exact) mass is 410 g/mol. The lowest BCUT2D eigenvalue weighted by atomic mass is 10.2. The average molecular weight is 411 g/mol. The topological polar surface area (TPSA) is 74.2 Å². The van der Waals surface area contributed by atoms with Crippen LogP contribution in [0.15, 0.2) is 12.2 Å². The molecule has 0 radical (unpaired) electrons. The maximum Gasteiger partial charge on any atom is 0.356 e. The summed E-state index contributed by atoms with van der Waals surface area (Å²) >= 11 is 0. The highest BCUT2D eigenvalue weighted by atomic mass is 31.2. The molecule has 1 atom stereocenters.